The van der Waals surface area contributed by atoms with Gasteiger partial charge < -0.3 is 9.88 Å². The molecule has 1 atom stereocenters. The van der Waals surface area contributed by atoms with Gasteiger partial charge in [-0.3, -0.25) is 4.79 Å². The molecule has 142 valence electrons. The van der Waals surface area contributed by atoms with E-state index in [0.29, 0.717) is 22.4 Å². The second kappa shape index (κ2) is 7.73. The maximum Gasteiger partial charge on any atom is 0.239 e. The summed E-state index contributed by atoms with van der Waals surface area (Å²) in [5, 5.41) is 12.8. The van der Waals surface area contributed by atoms with Crippen LogP contribution in [0.1, 0.15) is 13.3 Å². The summed E-state index contributed by atoms with van der Waals surface area (Å²) in [4.78, 5) is 21.4. The van der Waals surface area contributed by atoms with Crippen molar-refractivity contribution in [2.24, 2.45) is 7.05 Å². The van der Waals surface area contributed by atoms with Gasteiger partial charge in [0.25, 0.3) is 0 Å². The number of hydrogen-bond donors (Lipinski definition) is 1. The van der Waals surface area contributed by atoms with E-state index in [-0.39, 0.29) is 5.91 Å². The van der Waals surface area contributed by atoms with Gasteiger partial charge in [-0.1, -0.05) is 48.5 Å². The topological polar surface area (TPSA) is 85.6 Å². The number of amides is 1. The van der Waals surface area contributed by atoms with Gasteiger partial charge in [0.05, 0.1) is 15.8 Å². The number of anilines is 1. The summed E-state index contributed by atoms with van der Waals surface area (Å²) in [6.07, 6.45) is 2.17. The van der Waals surface area contributed by atoms with Gasteiger partial charge in [0.2, 0.25) is 11.1 Å². The number of benzene rings is 1. The Morgan fingerprint density at radius 2 is 2.07 bits per heavy atom. The molecule has 0 radical (unpaired) electrons. The molecule has 28 heavy (non-hydrogen) atoms. The number of pyridine rings is 1. The molecule has 0 aliphatic carbocycles. The van der Waals surface area contributed by atoms with E-state index in [1.165, 1.54) is 11.8 Å². The van der Waals surface area contributed by atoms with Crippen LogP contribution < -0.4 is 5.32 Å². The SMILES string of the molecule is CC[C@H](Sc1nnc2c3ccccc3n(C)c2n1)C(=O)Nc1ncccc1Cl. The van der Waals surface area contributed by atoms with Crippen LogP contribution in [-0.2, 0) is 11.8 Å². The van der Waals surface area contributed by atoms with Gasteiger partial charge in [0, 0.05) is 18.6 Å². The summed E-state index contributed by atoms with van der Waals surface area (Å²) in [6.45, 7) is 1.93. The number of carbonyl (C=O) groups excluding carboxylic acids is 1. The van der Waals surface area contributed by atoms with Crippen molar-refractivity contribution in [3.8, 4) is 0 Å². The standard InChI is InChI=1S/C19H17ClN6OS/c1-3-14(18(27)22-16-12(20)8-6-10-21-16)28-19-23-17-15(24-25-19)11-7-4-5-9-13(11)26(17)2/h4-10,14H,3H2,1-2H3,(H,21,22,27)/t14-/m0/s1. The number of aryl methyl sites for hydroxylation is 1. The van der Waals surface area contributed by atoms with Gasteiger partial charge in [-0.05, 0) is 24.6 Å². The predicted molar refractivity (Wildman–Crippen MR) is 112 cm³/mol. The van der Waals surface area contributed by atoms with Crippen LogP contribution in [-0.4, -0.2) is 35.9 Å². The Kier molecular flexibility index (Phi) is 5.15. The van der Waals surface area contributed by atoms with E-state index < -0.39 is 5.25 Å². The fraction of sp³-hybridized carbons (Fsp3) is 0.211. The number of para-hydroxylation sites is 1. The number of nitrogens with zero attached hydrogens (tertiary/aromatic N) is 5. The maximum absolute atomic E-state index is 12.7. The monoisotopic (exact) mass is 412 g/mol. The molecule has 0 unspecified atom stereocenters. The number of thioether (sulfide) groups is 1. The molecule has 0 saturated carbocycles. The molecule has 3 aromatic heterocycles. The van der Waals surface area contributed by atoms with Gasteiger partial charge in [-0.25, -0.2) is 9.97 Å². The van der Waals surface area contributed by atoms with Crippen LogP contribution in [0.15, 0.2) is 47.8 Å². The Labute approximate surface area is 170 Å². The molecule has 0 aliphatic rings. The molecule has 7 nitrogen and oxygen atoms in total. The third-order valence-electron chi connectivity index (χ3n) is 4.40. The normalized spacial score (nSPS) is 12.4. The molecule has 4 aromatic rings. The lowest BCUT2D eigenvalue weighted by Gasteiger charge is -2.13. The largest absolute Gasteiger partial charge is 0.327 e. The fourth-order valence-electron chi connectivity index (χ4n) is 2.97. The number of rotatable bonds is 5. The van der Waals surface area contributed by atoms with Gasteiger partial charge in [0.1, 0.15) is 5.52 Å². The molecule has 9 heteroatoms. The van der Waals surface area contributed by atoms with Crippen molar-refractivity contribution in [2.45, 2.75) is 23.8 Å². The number of aromatic nitrogens is 5. The molecule has 1 aromatic carbocycles. The van der Waals surface area contributed by atoms with Crippen molar-refractivity contribution in [3.63, 3.8) is 0 Å². The second-order valence-corrected chi connectivity index (χ2v) is 7.76. The summed E-state index contributed by atoms with van der Waals surface area (Å²) in [5.41, 5.74) is 2.53. The number of nitrogens with one attached hydrogen (secondary N) is 1. The quantitative estimate of drug-likeness (QED) is 0.497. The van der Waals surface area contributed by atoms with Crippen LogP contribution in [0.3, 0.4) is 0 Å². The minimum Gasteiger partial charge on any atom is -0.327 e. The number of hydrogen-bond acceptors (Lipinski definition) is 6. The fourth-order valence-corrected chi connectivity index (χ4v) is 3.95. The maximum atomic E-state index is 12.7. The summed E-state index contributed by atoms with van der Waals surface area (Å²) in [6, 6.07) is 11.4. The zero-order valence-corrected chi connectivity index (χ0v) is 16.8. The number of fused-ring (bicyclic) bond motifs is 3. The van der Waals surface area contributed by atoms with Gasteiger partial charge in [0.15, 0.2) is 11.5 Å². The van der Waals surface area contributed by atoms with Crippen molar-refractivity contribution in [1.82, 2.24) is 24.7 Å². The van der Waals surface area contributed by atoms with Crippen molar-refractivity contribution in [1.29, 1.82) is 0 Å². The second-order valence-electron chi connectivity index (χ2n) is 6.18. The van der Waals surface area contributed by atoms with Crippen molar-refractivity contribution >= 4 is 57.2 Å². The Morgan fingerprint density at radius 3 is 2.86 bits per heavy atom. The Bertz CT molecular complexity index is 1180. The van der Waals surface area contributed by atoms with E-state index in [9.17, 15) is 4.79 Å². The first-order chi connectivity index (χ1) is 13.6. The Morgan fingerprint density at radius 1 is 1.25 bits per heavy atom. The first-order valence-corrected chi connectivity index (χ1v) is 10.00. The van der Waals surface area contributed by atoms with E-state index >= 15 is 0 Å². The highest BCUT2D eigenvalue weighted by Gasteiger charge is 2.22. The lowest BCUT2D eigenvalue weighted by Crippen LogP contribution is -2.25. The van der Waals surface area contributed by atoms with Gasteiger partial charge in [-0.2, -0.15) is 0 Å². The summed E-state index contributed by atoms with van der Waals surface area (Å²) in [5.74, 6) is 0.144. The third kappa shape index (κ3) is 3.41. The highest BCUT2D eigenvalue weighted by Crippen LogP contribution is 2.28. The smallest absolute Gasteiger partial charge is 0.239 e. The molecule has 0 spiro atoms. The molecule has 4 rings (SSSR count). The first-order valence-electron chi connectivity index (χ1n) is 8.74. The molecule has 0 fully saturated rings. The van der Waals surface area contributed by atoms with E-state index in [4.69, 9.17) is 11.6 Å². The Balaban J connectivity index is 1.60. The van der Waals surface area contributed by atoms with Gasteiger partial charge in [-0.15, -0.1) is 10.2 Å². The molecule has 3 heterocycles. The van der Waals surface area contributed by atoms with Crippen LogP contribution in [0.2, 0.25) is 5.02 Å². The molecule has 0 saturated heterocycles. The molecule has 0 bridgehead atoms. The molecule has 1 amide bonds. The zero-order valence-electron chi connectivity index (χ0n) is 15.3. The number of carbonyl (C=O) groups is 1. The summed E-state index contributed by atoms with van der Waals surface area (Å²) in [7, 11) is 1.95. The van der Waals surface area contributed by atoms with Crippen LogP contribution in [0.4, 0.5) is 5.82 Å². The van der Waals surface area contributed by atoms with Crippen molar-refractivity contribution < 1.29 is 4.79 Å². The van der Waals surface area contributed by atoms with Crippen LogP contribution in [0, 0.1) is 0 Å². The van der Waals surface area contributed by atoms with Crippen LogP contribution in [0.25, 0.3) is 22.1 Å². The Hall–Kier alpha value is -2.71. The van der Waals surface area contributed by atoms with E-state index in [2.05, 4.69) is 25.5 Å². The highest BCUT2D eigenvalue weighted by molar-refractivity contribution is 8.00. The van der Waals surface area contributed by atoms with Crippen molar-refractivity contribution in [2.75, 3.05) is 5.32 Å². The molecule has 1 N–H and O–H groups in total. The number of halogens is 1. The van der Waals surface area contributed by atoms with Crippen LogP contribution >= 0.6 is 23.4 Å². The average Bonchev–Trinajstić information content (AvgIpc) is 3.00. The first kappa shape index (κ1) is 18.6. The minimum atomic E-state index is -0.396. The van der Waals surface area contributed by atoms with Crippen LogP contribution in [0.5, 0.6) is 0 Å². The highest BCUT2D eigenvalue weighted by atomic mass is 35.5. The van der Waals surface area contributed by atoms with Crippen molar-refractivity contribution in [3.05, 3.63) is 47.6 Å². The molecular weight excluding hydrogens is 396 g/mol. The molecule has 0 aliphatic heterocycles. The van der Waals surface area contributed by atoms with E-state index in [1.807, 2.05) is 42.8 Å². The molecular formula is C19H17ClN6OS. The zero-order chi connectivity index (χ0) is 19.7. The third-order valence-corrected chi connectivity index (χ3v) is 5.92. The summed E-state index contributed by atoms with van der Waals surface area (Å²) < 4.78 is 1.98. The average molecular weight is 413 g/mol. The lowest BCUT2D eigenvalue weighted by atomic mass is 10.2. The van der Waals surface area contributed by atoms with Gasteiger partial charge >= 0.3 is 0 Å². The minimum absolute atomic E-state index is 0.200. The van der Waals surface area contributed by atoms with E-state index in [1.54, 1.807) is 18.3 Å². The lowest BCUT2D eigenvalue weighted by molar-refractivity contribution is -0.115. The van der Waals surface area contributed by atoms with E-state index in [0.717, 1.165) is 22.1 Å². The predicted octanol–water partition coefficient (Wildman–Crippen LogP) is 4.07. The summed E-state index contributed by atoms with van der Waals surface area (Å²) >= 11 is 7.35.